The number of piperazine rings is 1. The van der Waals surface area contributed by atoms with E-state index in [0.717, 1.165) is 25.5 Å². The summed E-state index contributed by atoms with van der Waals surface area (Å²) in [5, 5.41) is 15.0. The Morgan fingerprint density at radius 2 is 1.79 bits per heavy atom. The Kier molecular flexibility index (Phi) is 5.57. The lowest BCUT2D eigenvalue weighted by atomic mass is 10.1. The molecule has 0 unspecified atom stereocenters. The summed E-state index contributed by atoms with van der Waals surface area (Å²) in [6.07, 6.45) is 0. The number of hydrogen-bond acceptors (Lipinski definition) is 4. The van der Waals surface area contributed by atoms with Gasteiger partial charge in [0, 0.05) is 5.56 Å². The average Bonchev–Trinajstić information content (AvgIpc) is 3.37. The fraction of sp³-hybridized carbons (Fsp3) is 0.476. The first-order chi connectivity index (χ1) is 13.5. The molecule has 0 saturated carbocycles. The van der Waals surface area contributed by atoms with Crippen molar-refractivity contribution in [3.05, 3.63) is 64.1 Å². The zero-order chi connectivity index (χ0) is 19.6. The van der Waals surface area contributed by atoms with Gasteiger partial charge in [-0.25, -0.2) is 4.68 Å². The minimum atomic E-state index is -0.131. The molecule has 28 heavy (non-hydrogen) atoms. The van der Waals surface area contributed by atoms with Crippen LogP contribution >= 0.6 is 11.3 Å². The summed E-state index contributed by atoms with van der Waals surface area (Å²) in [4.78, 5) is 4.58. The quantitative estimate of drug-likeness (QED) is 0.661. The molecule has 1 aliphatic rings. The van der Waals surface area contributed by atoms with E-state index in [4.69, 9.17) is 0 Å². The number of nitrogens with one attached hydrogen (secondary N) is 2. The number of rotatable bonds is 5. The lowest BCUT2D eigenvalue weighted by Crippen LogP contribution is -3.27. The third kappa shape index (κ3) is 4.16. The van der Waals surface area contributed by atoms with E-state index in [2.05, 4.69) is 84.1 Å². The Bertz CT molecular complexity index is 860. The molecule has 1 fully saturated rings. The summed E-state index contributed by atoms with van der Waals surface area (Å²) in [5.41, 5.74) is 1.29. The maximum Gasteiger partial charge on any atom is 0.215 e. The first-order valence-electron chi connectivity index (χ1n) is 10.1. The normalized spacial score (nSPS) is 21.5. The van der Waals surface area contributed by atoms with Gasteiger partial charge in [0.15, 0.2) is 6.04 Å². The van der Waals surface area contributed by atoms with Crippen LogP contribution in [0.4, 0.5) is 0 Å². The zero-order valence-corrected chi connectivity index (χ0v) is 17.7. The molecule has 0 aliphatic carbocycles. The predicted octanol–water partition coefficient (Wildman–Crippen LogP) is 0.563. The van der Waals surface area contributed by atoms with Crippen LogP contribution in [-0.4, -0.2) is 46.4 Å². The highest BCUT2D eigenvalue weighted by molar-refractivity contribution is 7.10. The molecule has 1 aliphatic heterocycles. The van der Waals surface area contributed by atoms with Gasteiger partial charge in [0.05, 0.1) is 10.4 Å². The van der Waals surface area contributed by atoms with Gasteiger partial charge in [0.2, 0.25) is 5.82 Å². The standard InChI is InChI=1S/C21H28N6S/c1-21(2,3)27-20(22-23-24-27)19(18-10-7-15-28-18)26-13-11-25(12-14-26)16-17-8-5-4-6-9-17/h4-10,15,19H,11-14,16H2,1-3H3/p+2/t19-/m1/s1. The Morgan fingerprint density at radius 1 is 1.04 bits per heavy atom. The van der Waals surface area contributed by atoms with Crippen molar-refractivity contribution in [3.8, 4) is 0 Å². The van der Waals surface area contributed by atoms with Gasteiger partial charge < -0.3 is 9.80 Å². The average molecular weight is 399 g/mol. The van der Waals surface area contributed by atoms with Gasteiger partial charge in [0.1, 0.15) is 32.7 Å². The van der Waals surface area contributed by atoms with Crippen molar-refractivity contribution in [2.45, 2.75) is 38.9 Å². The van der Waals surface area contributed by atoms with Gasteiger partial charge in [-0.2, -0.15) is 0 Å². The van der Waals surface area contributed by atoms with Crippen LogP contribution < -0.4 is 9.80 Å². The summed E-state index contributed by atoms with van der Waals surface area (Å²) < 4.78 is 2.01. The Hall–Kier alpha value is -2.09. The van der Waals surface area contributed by atoms with Crippen LogP contribution in [0.5, 0.6) is 0 Å². The van der Waals surface area contributed by atoms with Crippen molar-refractivity contribution in [2.75, 3.05) is 26.2 Å². The number of benzene rings is 1. The molecule has 6 nitrogen and oxygen atoms in total. The largest absolute Gasteiger partial charge is 0.322 e. The highest BCUT2D eigenvalue weighted by Crippen LogP contribution is 2.25. The van der Waals surface area contributed by atoms with E-state index in [-0.39, 0.29) is 11.6 Å². The van der Waals surface area contributed by atoms with Gasteiger partial charge in [-0.15, -0.1) is 16.4 Å². The van der Waals surface area contributed by atoms with Gasteiger partial charge in [-0.05, 0) is 42.6 Å². The van der Waals surface area contributed by atoms with Crippen LogP contribution in [0, 0.1) is 0 Å². The SMILES string of the molecule is CC(C)(C)n1nnnc1[C@@H](c1cccs1)[NH+]1CC[NH+](Cc2ccccc2)CC1. The molecule has 3 aromatic rings. The third-order valence-electron chi connectivity index (χ3n) is 5.52. The first-order valence-corrected chi connectivity index (χ1v) is 10.9. The molecule has 0 amide bonds. The molecule has 2 N–H and O–H groups in total. The molecule has 2 aromatic heterocycles. The summed E-state index contributed by atoms with van der Waals surface area (Å²) in [6, 6.07) is 15.4. The minimum Gasteiger partial charge on any atom is -0.322 e. The molecule has 7 heteroatoms. The molecule has 3 heterocycles. The number of nitrogens with zero attached hydrogens (tertiary/aromatic N) is 4. The minimum absolute atomic E-state index is 0.131. The van der Waals surface area contributed by atoms with Gasteiger partial charge in [-0.3, -0.25) is 0 Å². The van der Waals surface area contributed by atoms with Crippen molar-refractivity contribution in [1.82, 2.24) is 20.2 Å². The zero-order valence-electron chi connectivity index (χ0n) is 16.9. The van der Waals surface area contributed by atoms with Crippen LogP contribution in [0.2, 0.25) is 0 Å². The second-order valence-electron chi connectivity index (χ2n) is 8.64. The molecule has 148 valence electrons. The fourth-order valence-corrected chi connectivity index (χ4v) is 4.97. The number of aromatic nitrogens is 4. The van der Waals surface area contributed by atoms with Crippen molar-refractivity contribution >= 4 is 11.3 Å². The van der Waals surface area contributed by atoms with Gasteiger partial charge >= 0.3 is 0 Å². The maximum atomic E-state index is 4.48. The maximum absolute atomic E-state index is 4.48. The molecule has 0 bridgehead atoms. The van der Waals surface area contributed by atoms with E-state index in [1.807, 2.05) is 16.0 Å². The van der Waals surface area contributed by atoms with Crippen molar-refractivity contribution in [1.29, 1.82) is 0 Å². The summed E-state index contributed by atoms with van der Waals surface area (Å²) in [6.45, 7) is 12.2. The van der Waals surface area contributed by atoms with Crippen LogP contribution in [-0.2, 0) is 12.1 Å². The van der Waals surface area contributed by atoms with E-state index in [9.17, 15) is 0 Å². The highest BCUT2D eigenvalue weighted by atomic mass is 32.1. The van der Waals surface area contributed by atoms with Crippen LogP contribution in [0.3, 0.4) is 0 Å². The van der Waals surface area contributed by atoms with E-state index >= 15 is 0 Å². The molecule has 4 rings (SSSR count). The molecule has 0 spiro atoms. The summed E-state index contributed by atoms with van der Waals surface area (Å²) in [7, 11) is 0. The summed E-state index contributed by atoms with van der Waals surface area (Å²) >= 11 is 1.81. The van der Waals surface area contributed by atoms with Crippen LogP contribution in [0.15, 0.2) is 47.8 Å². The van der Waals surface area contributed by atoms with Crippen LogP contribution in [0.25, 0.3) is 0 Å². The first kappa shape index (κ1) is 19.2. The lowest BCUT2D eigenvalue weighted by molar-refractivity contribution is -1.03. The van der Waals surface area contributed by atoms with Crippen LogP contribution in [0.1, 0.15) is 43.1 Å². The smallest absolute Gasteiger partial charge is 0.215 e. The van der Waals surface area contributed by atoms with E-state index < -0.39 is 0 Å². The van der Waals surface area contributed by atoms with Gasteiger partial charge in [-0.1, -0.05) is 36.4 Å². The number of tetrazole rings is 1. The topological polar surface area (TPSA) is 52.5 Å². The van der Waals surface area contributed by atoms with Gasteiger partial charge in [0.25, 0.3) is 0 Å². The van der Waals surface area contributed by atoms with Crippen molar-refractivity contribution in [2.24, 2.45) is 0 Å². The number of thiophene rings is 1. The second-order valence-corrected chi connectivity index (χ2v) is 9.62. The fourth-order valence-electron chi connectivity index (χ4n) is 4.09. The molecule has 1 saturated heterocycles. The molecular formula is C21H30N6S+2. The second kappa shape index (κ2) is 8.11. The Labute approximate surface area is 170 Å². The predicted molar refractivity (Wildman–Crippen MR) is 111 cm³/mol. The van der Waals surface area contributed by atoms with E-state index in [1.54, 1.807) is 9.80 Å². The number of quaternary nitrogens is 2. The van der Waals surface area contributed by atoms with E-state index in [1.165, 1.54) is 23.5 Å². The van der Waals surface area contributed by atoms with E-state index in [0.29, 0.717) is 0 Å². The molecule has 0 radical (unpaired) electrons. The Balaban J connectivity index is 1.53. The molecular weight excluding hydrogens is 368 g/mol. The number of hydrogen-bond donors (Lipinski definition) is 2. The molecule has 1 aromatic carbocycles. The summed E-state index contributed by atoms with van der Waals surface area (Å²) in [5.74, 6) is 0.983. The van der Waals surface area contributed by atoms with Crippen molar-refractivity contribution < 1.29 is 9.80 Å². The lowest BCUT2D eigenvalue weighted by Gasteiger charge is -2.34. The highest BCUT2D eigenvalue weighted by Gasteiger charge is 2.37. The Morgan fingerprint density at radius 3 is 2.43 bits per heavy atom. The monoisotopic (exact) mass is 398 g/mol. The van der Waals surface area contributed by atoms with Crippen molar-refractivity contribution in [3.63, 3.8) is 0 Å². The third-order valence-corrected chi connectivity index (χ3v) is 6.46. The molecule has 1 atom stereocenters.